The van der Waals surface area contributed by atoms with Crippen LogP contribution in [0.3, 0.4) is 0 Å². The van der Waals surface area contributed by atoms with Gasteiger partial charge in [-0.15, -0.1) is 0 Å². The van der Waals surface area contributed by atoms with Gasteiger partial charge in [-0.25, -0.2) is 9.98 Å². The molecule has 6 rings (SSSR count). The molecule has 0 unspecified atom stereocenters. The molecule has 3 N–H and O–H groups in total. The number of rotatable bonds is 7. The molecule has 3 aliphatic rings. The van der Waals surface area contributed by atoms with Gasteiger partial charge in [0.25, 0.3) is 0 Å². The third-order valence-electron chi connectivity index (χ3n) is 7.15. The minimum absolute atomic E-state index is 0.466. The first-order valence-corrected chi connectivity index (χ1v) is 12.4. The summed E-state index contributed by atoms with van der Waals surface area (Å²) < 4.78 is 0. The number of pyridine rings is 1. The summed E-state index contributed by atoms with van der Waals surface area (Å²) in [6.07, 6.45) is 8.83. The summed E-state index contributed by atoms with van der Waals surface area (Å²) in [5, 5.41) is 4.81. The molecule has 6 nitrogen and oxygen atoms in total. The van der Waals surface area contributed by atoms with E-state index in [0.29, 0.717) is 17.8 Å². The Kier molecular flexibility index (Phi) is 5.66. The van der Waals surface area contributed by atoms with Gasteiger partial charge in [-0.2, -0.15) is 0 Å². The van der Waals surface area contributed by atoms with E-state index in [4.69, 9.17) is 10.7 Å². The van der Waals surface area contributed by atoms with Crippen molar-refractivity contribution < 1.29 is 0 Å². The van der Waals surface area contributed by atoms with Crippen LogP contribution in [0.2, 0.25) is 0 Å². The van der Waals surface area contributed by atoms with Crippen molar-refractivity contribution >= 4 is 29.2 Å². The summed E-state index contributed by atoms with van der Waals surface area (Å²) in [5.41, 5.74) is 11.8. The Hall–Kier alpha value is -3.77. The summed E-state index contributed by atoms with van der Waals surface area (Å²) in [6, 6.07) is 22.0. The second-order valence-corrected chi connectivity index (χ2v) is 9.77. The van der Waals surface area contributed by atoms with E-state index in [-0.39, 0.29) is 0 Å². The van der Waals surface area contributed by atoms with E-state index >= 15 is 0 Å². The van der Waals surface area contributed by atoms with Gasteiger partial charge in [-0.1, -0.05) is 48.5 Å². The summed E-state index contributed by atoms with van der Waals surface area (Å²) in [4.78, 5) is 16.0. The Bertz CT molecular complexity index is 1350. The molecular formula is C29H30N6. The Balaban J connectivity index is 1.31. The molecule has 1 aliphatic heterocycles. The van der Waals surface area contributed by atoms with Gasteiger partial charge >= 0.3 is 0 Å². The van der Waals surface area contributed by atoms with E-state index in [1.165, 1.54) is 25.7 Å². The highest BCUT2D eigenvalue weighted by Crippen LogP contribution is 2.34. The van der Waals surface area contributed by atoms with Crippen LogP contribution in [0.4, 0.5) is 0 Å². The maximum absolute atomic E-state index is 6.42. The molecule has 0 saturated heterocycles. The van der Waals surface area contributed by atoms with Crippen LogP contribution in [-0.2, 0) is 0 Å². The number of nitrogens with two attached hydrogens (primary N) is 1. The molecule has 1 aromatic heterocycles. The van der Waals surface area contributed by atoms with Gasteiger partial charge < -0.3 is 16.0 Å². The SMILES string of the molecule is C=N/C(=C1/C(N)=NC=CN1CC1CC(NC2CC2)C1)c1ccc2ccc(-c3ccccc3)nc2c1. The molecule has 0 atom stereocenters. The molecule has 3 aromatic rings. The lowest BCUT2D eigenvalue weighted by Crippen LogP contribution is -2.46. The van der Waals surface area contributed by atoms with E-state index in [2.05, 4.69) is 69.4 Å². The van der Waals surface area contributed by atoms with Crippen LogP contribution in [0, 0.1) is 5.92 Å². The van der Waals surface area contributed by atoms with Crippen LogP contribution in [0.1, 0.15) is 31.2 Å². The lowest BCUT2D eigenvalue weighted by atomic mass is 9.79. The zero-order chi connectivity index (χ0) is 23.8. The molecular weight excluding hydrogens is 432 g/mol. The van der Waals surface area contributed by atoms with E-state index in [0.717, 1.165) is 51.7 Å². The molecule has 2 saturated carbocycles. The number of nitrogens with one attached hydrogen (secondary N) is 1. The molecule has 176 valence electrons. The van der Waals surface area contributed by atoms with Crippen molar-refractivity contribution in [2.75, 3.05) is 6.54 Å². The second kappa shape index (κ2) is 9.12. The minimum Gasteiger partial charge on any atom is -0.382 e. The molecule has 0 spiro atoms. The van der Waals surface area contributed by atoms with Crippen molar-refractivity contribution in [1.29, 1.82) is 0 Å². The lowest BCUT2D eigenvalue weighted by Gasteiger charge is -2.40. The average Bonchev–Trinajstić information content (AvgIpc) is 3.69. The normalized spacial score (nSPS) is 23.1. The smallest absolute Gasteiger partial charge is 0.149 e. The molecule has 0 bridgehead atoms. The van der Waals surface area contributed by atoms with Crippen molar-refractivity contribution in [3.05, 3.63) is 84.3 Å². The lowest BCUT2D eigenvalue weighted by molar-refractivity contribution is 0.187. The molecule has 2 heterocycles. The Labute approximate surface area is 206 Å². The maximum atomic E-state index is 6.42. The Morgan fingerprint density at radius 3 is 2.63 bits per heavy atom. The first kappa shape index (κ1) is 21.7. The van der Waals surface area contributed by atoms with Crippen molar-refractivity contribution in [3.63, 3.8) is 0 Å². The second-order valence-electron chi connectivity index (χ2n) is 9.77. The maximum Gasteiger partial charge on any atom is 0.149 e. The summed E-state index contributed by atoms with van der Waals surface area (Å²) >= 11 is 0. The molecule has 35 heavy (non-hydrogen) atoms. The van der Waals surface area contributed by atoms with Crippen LogP contribution in [0.5, 0.6) is 0 Å². The Morgan fingerprint density at radius 2 is 1.86 bits per heavy atom. The van der Waals surface area contributed by atoms with Crippen LogP contribution >= 0.6 is 0 Å². The fourth-order valence-corrected chi connectivity index (χ4v) is 5.11. The average molecular weight is 463 g/mol. The zero-order valence-corrected chi connectivity index (χ0v) is 19.8. The zero-order valence-electron chi connectivity index (χ0n) is 19.8. The first-order valence-electron chi connectivity index (χ1n) is 12.4. The molecule has 6 heteroatoms. The monoisotopic (exact) mass is 462 g/mol. The predicted molar refractivity (Wildman–Crippen MR) is 144 cm³/mol. The van der Waals surface area contributed by atoms with Gasteiger partial charge in [-0.05, 0) is 50.5 Å². The number of aliphatic imine (C=N–C) groups is 2. The number of amidine groups is 1. The van der Waals surface area contributed by atoms with Crippen LogP contribution in [-0.4, -0.2) is 41.1 Å². The number of benzene rings is 2. The van der Waals surface area contributed by atoms with Gasteiger partial charge in [0.1, 0.15) is 11.5 Å². The van der Waals surface area contributed by atoms with Gasteiger partial charge in [0.05, 0.1) is 16.9 Å². The van der Waals surface area contributed by atoms with Crippen molar-refractivity contribution in [2.24, 2.45) is 21.6 Å². The molecule has 2 fully saturated rings. The van der Waals surface area contributed by atoms with Crippen LogP contribution in [0.15, 0.2) is 88.7 Å². The minimum atomic E-state index is 0.466. The fraction of sp³-hybridized carbons (Fsp3) is 0.276. The molecule has 0 amide bonds. The highest BCUT2D eigenvalue weighted by molar-refractivity contribution is 6.05. The Morgan fingerprint density at radius 1 is 1.06 bits per heavy atom. The number of nitrogens with zero attached hydrogens (tertiary/aromatic N) is 4. The molecule has 2 aliphatic carbocycles. The first-order chi connectivity index (χ1) is 17.2. The topological polar surface area (TPSA) is 78.9 Å². The van der Waals surface area contributed by atoms with Gasteiger partial charge in [0, 0.05) is 47.5 Å². The number of hydrogen-bond donors (Lipinski definition) is 2. The van der Waals surface area contributed by atoms with Crippen molar-refractivity contribution in [1.82, 2.24) is 15.2 Å². The highest BCUT2D eigenvalue weighted by Gasteiger charge is 2.35. The third kappa shape index (κ3) is 4.49. The largest absolute Gasteiger partial charge is 0.382 e. The number of fused-ring (bicyclic) bond motifs is 1. The summed E-state index contributed by atoms with van der Waals surface area (Å²) in [5.74, 6) is 1.09. The third-order valence-corrected chi connectivity index (χ3v) is 7.15. The van der Waals surface area contributed by atoms with Crippen molar-refractivity contribution in [3.8, 4) is 11.3 Å². The van der Waals surface area contributed by atoms with Crippen molar-refractivity contribution in [2.45, 2.75) is 37.8 Å². The fourth-order valence-electron chi connectivity index (χ4n) is 5.11. The predicted octanol–water partition coefficient (Wildman–Crippen LogP) is 4.95. The molecule has 2 aromatic carbocycles. The van der Waals surface area contributed by atoms with Gasteiger partial charge in [0.15, 0.2) is 0 Å². The summed E-state index contributed by atoms with van der Waals surface area (Å²) in [6.45, 7) is 4.79. The standard InChI is InChI=1S/C29H30N6/c1-31-27(22-8-7-21-9-12-25(34-26(21)17-22)20-5-3-2-4-6-20)28-29(30)32-13-14-35(28)18-19-15-24(16-19)33-23-10-11-23/h2-9,12-14,17,19,23-24,33H,1,10-11,15-16,18H2,(H2,30,32)/b28-27-. The highest BCUT2D eigenvalue weighted by atomic mass is 15.2. The van der Waals surface area contributed by atoms with E-state index < -0.39 is 0 Å². The van der Waals surface area contributed by atoms with Gasteiger partial charge in [-0.3, -0.25) is 4.99 Å². The number of aromatic nitrogens is 1. The van der Waals surface area contributed by atoms with Crippen LogP contribution < -0.4 is 11.1 Å². The van der Waals surface area contributed by atoms with Gasteiger partial charge in [0.2, 0.25) is 0 Å². The quantitative estimate of drug-likeness (QED) is 0.487. The van der Waals surface area contributed by atoms with E-state index in [1.54, 1.807) is 6.20 Å². The molecule has 0 radical (unpaired) electrons. The summed E-state index contributed by atoms with van der Waals surface area (Å²) in [7, 11) is 0. The van der Waals surface area contributed by atoms with Crippen LogP contribution in [0.25, 0.3) is 27.9 Å². The van der Waals surface area contributed by atoms with E-state index in [9.17, 15) is 0 Å². The van der Waals surface area contributed by atoms with E-state index in [1.807, 2.05) is 24.4 Å². The number of hydrogen-bond acceptors (Lipinski definition) is 6.